The summed E-state index contributed by atoms with van der Waals surface area (Å²) in [5.41, 5.74) is 1.04. The second-order valence-corrected chi connectivity index (χ2v) is 7.02. The fourth-order valence-electron chi connectivity index (χ4n) is 2.36. The molecule has 0 atom stereocenters. The Morgan fingerprint density at radius 3 is 2.58 bits per heavy atom. The zero-order valence-corrected chi connectivity index (χ0v) is 11.3. The molecule has 0 aliphatic carbocycles. The lowest BCUT2D eigenvalue weighted by Gasteiger charge is -2.27. The number of hydrogen-bond donors (Lipinski definition) is 0. The Hall–Kier alpha value is -1.63. The van der Waals surface area contributed by atoms with E-state index in [-0.39, 0.29) is 17.3 Å². The number of sulfone groups is 1. The molecule has 1 fully saturated rings. The number of rotatable bonds is 1. The van der Waals surface area contributed by atoms with Crippen molar-refractivity contribution >= 4 is 26.8 Å². The van der Waals surface area contributed by atoms with Gasteiger partial charge in [0.2, 0.25) is 5.95 Å². The van der Waals surface area contributed by atoms with Crippen LogP contribution in [0.4, 0.5) is 10.3 Å². The first-order valence-corrected chi connectivity index (χ1v) is 7.86. The van der Waals surface area contributed by atoms with Gasteiger partial charge in [0.15, 0.2) is 15.7 Å². The monoisotopic (exact) mass is 283 g/mol. The molecule has 5 nitrogen and oxygen atoms in total. The topological polar surface area (TPSA) is 55.2 Å². The average Bonchev–Trinajstić information content (AvgIpc) is 2.69. The molecule has 1 aliphatic heterocycles. The van der Waals surface area contributed by atoms with E-state index in [0.717, 1.165) is 0 Å². The predicted molar refractivity (Wildman–Crippen MR) is 71.5 cm³/mol. The molecule has 1 aliphatic rings. The molecule has 19 heavy (non-hydrogen) atoms. The van der Waals surface area contributed by atoms with Gasteiger partial charge in [0.25, 0.3) is 0 Å². The molecule has 2 heterocycles. The van der Waals surface area contributed by atoms with Crippen LogP contribution in [0.2, 0.25) is 0 Å². The number of benzene rings is 1. The van der Waals surface area contributed by atoms with Crippen LogP contribution < -0.4 is 4.90 Å². The molecular formula is C12H14FN3O2S. The van der Waals surface area contributed by atoms with E-state index in [1.807, 2.05) is 11.9 Å². The Kier molecular flexibility index (Phi) is 2.74. The Labute approximate surface area is 110 Å². The molecule has 0 unspecified atom stereocenters. The number of anilines is 1. The van der Waals surface area contributed by atoms with Crippen molar-refractivity contribution in [3.05, 3.63) is 24.0 Å². The largest absolute Gasteiger partial charge is 0.340 e. The van der Waals surface area contributed by atoms with Crippen molar-refractivity contribution in [2.45, 2.75) is 0 Å². The summed E-state index contributed by atoms with van der Waals surface area (Å²) in [4.78, 5) is 6.19. The summed E-state index contributed by atoms with van der Waals surface area (Å²) in [7, 11) is -1.11. The van der Waals surface area contributed by atoms with Gasteiger partial charge in [-0.25, -0.2) is 17.8 Å². The second kappa shape index (κ2) is 4.19. The number of fused-ring (bicyclic) bond motifs is 1. The number of imidazole rings is 1. The highest BCUT2D eigenvalue weighted by Gasteiger charge is 2.25. The standard InChI is InChI=1S/C12H14FN3O2S/c1-15-10-4-2-3-9(13)11(10)14-12(15)16-5-7-19(17,18)8-6-16/h2-4H,5-8H2,1H3. The molecule has 1 aromatic carbocycles. The van der Waals surface area contributed by atoms with Crippen molar-refractivity contribution in [1.82, 2.24) is 9.55 Å². The third-order valence-electron chi connectivity index (χ3n) is 3.47. The summed E-state index contributed by atoms with van der Waals surface area (Å²) in [5, 5.41) is 0. The fraction of sp³-hybridized carbons (Fsp3) is 0.417. The highest BCUT2D eigenvalue weighted by atomic mass is 32.2. The lowest BCUT2D eigenvalue weighted by atomic mass is 10.3. The Morgan fingerprint density at radius 1 is 1.26 bits per heavy atom. The third kappa shape index (κ3) is 2.07. The molecule has 0 amide bonds. The van der Waals surface area contributed by atoms with E-state index in [4.69, 9.17) is 0 Å². The minimum Gasteiger partial charge on any atom is -0.340 e. The number of aromatic nitrogens is 2. The summed E-state index contributed by atoms with van der Waals surface area (Å²) in [6, 6.07) is 4.82. The van der Waals surface area contributed by atoms with E-state index < -0.39 is 9.84 Å². The molecular weight excluding hydrogens is 269 g/mol. The van der Waals surface area contributed by atoms with Gasteiger partial charge in [0, 0.05) is 20.1 Å². The zero-order chi connectivity index (χ0) is 13.6. The maximum Gasteiger partial charge on any atom is 0.206 e. The van der Waals surface area contributed by atoms with Gasteiger partial charge in [-0.1, -0.05) is 6.07 Å². The quantitative estimate of drug-likeness (QED) is 0.782. The maximum atomic E-state index is 13.7. The lowest BCUT2D eigenvalue weighted by molar-refractivity contribution is 0.585. The van der Waals surface area contributed by atoms with E-state index in [1.54, 1.807) is 16.7 Å². The van der Waals surface area contributed by atoms with Gasteiger partial charge < -0.3 is 9.47 Å². The zero-order valence-electron chi connectivity index (χ0n) is 10.5. The fourth-order valence-corrected chi connectivity index (χ4v) is 3.56. The van der Waals surface area contributed by atoms with E-state index in [1.165, 1.54) is 6.07 Å². The van der Waals surface area contributed by atoms with Gasteiger partial charge in [0.05, 0.1) is 17.0 Å². The van der Waals surface area contributed by atoms with Gasteiger partial charge in [-0.2, -0.15) is 0 Å². The summed E-state index contributed by atoms with van der Waals surface area (Å²) < 4.78 is 38.3. The van der Waals surface area contributed by atoms with E-state index >= 15 is 0 Å². The first-order chi connectivity index (χ1) is 8.98. The molecule has 1 aromatic heterocycles. The molecule has 0 bridgehead atoms. The van der Waals surface area contributed by atoms with Crippen LogP contribution in [0.25, 0.3) is 11.0 Å². The van der Waals surface area contributed by atoms with Crippen molar-refractivity contribution in [1.29, 1.82) is 0 Å². The normalized spacial score (nSPS) is 18.9. The van der Waals surface area contributed by atoms with Crippen LogP contribution in [0.15, 0.2) is 18.2 Å². The molecule has 0 radical (unpaired) electrons. The van der Waals surface area contributed by atoms with Crippen LogP contribution in [0.3, 0.4) is 0 Å². The number of aryl methyl sites for hydroxylation is 1. The summed E-state index contributed by atoms with van der Waals surface area (Å²) >= 11 is 0. The number of nitrogens with zero attached hydrogens (tertiary/aromatic N) is 3. The molecule has 0 saturated carbocycles. The average molecular weight is 283 g/mol. The van der Waals surface area contributed by atoms with E-state index in [2.05, 4.69) is 4.98 Å². The van der Waals surface area contributed by atoms with Crippen molar-refractivity contribution in [3.8, 4) is 0 Å². The summed E-state index contributed by atoms with van der Waals surface area (Å²) in [5.74, 6) is 0.510. The Balaban J connectivity index is 2.02. The van der Waals surface area contributed by atoms with Crippen LogP contribution in [0, 0.1) is 5.82 Å². The second-order valence-electron chi connectivity index (χ2n) is 4.72. The molecule has 1 saturated heterocycles. The van der Waals surface area contributed by atoms with Crippen molar-refractivity contribution in [3.63, 3.8) is 0 Å². The highest BCUT2D eigenvalue weighted by Crippen LogP contribution is 2.24. The first-order valence-electron chi connectivity index (χ1n) is 6.04. The number of halogens is 1. The van der Waals surface area contributed by atoms with Gasteiger partial charge >= 0.3 is 0 Å². The highest BCUT2D eigenvalue weighted by molar-refractivity contribution is 7.91. The predicted octanol–water partition coefficient (Wildman–Crippen LogP) is 0.947. The van der Waals surface area contributed by atoms with Crippen LogP contribution >= 0.6 is 0 Å². The van der Waals surface area contributed by atoms with Gasteiger partial charge in [0.1, 0.15) is 5.52 Å². The van der Waals surface area contributed by atoms with Crippen LogP contribution in [-0.4, -0.2) is 42.6 Å². The molecule has 7 heteroatoms. The third-order valence-corrected chi connectivity index (χ3v) is 5.08. The molecule has 3 rings (SSSR count). The van der Waals surface area contributed by atoms with Gasteiger partial charge in [-0.3, -0.25) is 0 Å². The van der Waals surface area contributed by atoms with Crippen LogP contribution in [-0.2, 0) is 16.9 Å². The number of para-hydroxylation sites is 1. The van der Waals surface area contributed by atoms with E-state index in [0.29, 0.717) is 30.1 Å². The lowest BCUT2D eigenvalue weighted by Crippen LogP contribution is -2.41. The number of hydrogen-bond acceptors (Lipinski definition) is 4. The van der Waals surface area contributed by atoms with E-state index in [9.17, 15) is 12.8 Å². The summed E-state index contributed by atoms with van der Waals surface area (Å²) in [6.45, 7) is 0.808. The minimum absolute atomic E-state index is 0.124. The van der Waals surface area contributed by atoms with Crippen LogP contribution in [0.5, 0.6) is 0 Å². The molecule has 0 spiro atoms. The summed E-state index contributed by atoms with van der Waals surface area (Å²) in [6.07, 6.45) is 0. The van der Waals surface area contributed by atoms with Gasteiger partial charge in [-0.15, -0.1) is 0 Å². The van der Waals surface area contributed by atoms with Crippen molar-refractivity contribution in [2.24, 2.45) is 7.05 Å². The SMILES string of the molecule is Cn1c(N2CCS(=O)(=O)CC2)nc2c(F)cccc21. The minimum atomic E-state index is -2.93. The molecule has 2 aromatic rings. The van der Waals surface area contributed by atoms with Crippen LogP contribution in [0.1, 0.15) is 0 Å². The Morgan fingerprint density at radius 2 is 1.95 bits per heavy atom. The maximum absolute atomic E-state index is 13.7. The Bertz CT molecular complexity index is 725. The van der Waals surface area contributed by atoms with Crippen molar-refractivity contribution < 1.29 is 12.8 Å². The van der Waals surface area contributed by atoms with Crippen molar-refractivity contribution in [2.75, 3.05) is 29.5 Å². The smallest absolute Gasteiger partial charge is 0.206 e. The molecule has 102 valence electrons. The molecule has 0 N–H and O–H groups in total. The first kappa shape index (κ1) is 12.4. The van der Waals surface area contributed by atoms with Gasteiger partial charge in [-0.05, 0) is 12.1 Å².